The second-order valence-electron chi connectivity index (χ2n) is 7.61. The van der Waals surface area contributed by atoms with Crippen molar-refractivity contribution in [2.45, 2.75) is 33.0 Å². The molecule has 0 fully saturated rings. The van der Waals surface area contributed by atoms with Gasteiger partial charge in [0.05, 0.1) is 5.02 Å². The normalized spacial score (nSPS) is 11.5. The molecule has 3 aromatic carbocycles. The third-order valence-corrected chi connectivity index (χ3v) is 5.45. The van der Waals surface area contributed by atoms with Crippen LogP contribution in [-0.2, 0) is 22.7 Å². The zero-order chi connectivity index (χ0) is 22.9. The van der Waals surface area contributed by atoms with E-state index in [-0.39, 0.29) is 18.4 Å². The first-order valence-corrected chi connectivity index (χ1v) is 10.9. The molecular weight excluding hydrogens is 424 g/mol. The third kappa shape index (κ3) is 6.59. The van der Waals surface area contributed by atoms with Crippen LogP contribution in [0.2, 0.25) is 5.02 Å². The maximum Gasteiger partial charge on any atom is 0.261 e. The van der Waals surface area contributed by atoms with Gasteiger partial charge in [-0.3, -0.25) is 9.59 Å². The molecule has 1 N–H and O–H groups in total. The van der Waals surface area contributed by atoms with Crippen LogP contribution >= 0.6 is 11.6 Å². The summed E-state index contributed by atoms with van der Waals surface area (Å²) in [4.78, 5) is 27.5. The first kappa shape index (κ1) is 23.4. The molecule has 0 radical (unpaired) electrons. The van der Waals surface area contributed by atoms with Gasteiger partial charge in [0.25, 0.3) is 5.91 Å². The number of carbonyl (C=O) groups excluding carboxylic acids is 2. The average Bonchev–Trinajstić information content (AvgIpc) is 2.81. The van der Waals surface area contributed by atoms with Crippen molar-refractivity contribution >= 4 is 23.4 Å². The molecule has 0 aliphatic heterocycles. The zero-order valence-electron chi connectivity index (χ0n) is 18.3. The van der Waals surface area contributed by atoms with E-state index in [0.717, 1.165) is 16.7 Å². The van der Waals surface area contributed by atoms with Crippen molar-refractivity contribution in [2.24, 2.45) is 0 Å². The van der Waals surface area contributed by atoms with E-state index in [4.69, 9.17) is 16.3 Å². The summed E-state index contributed by atoms with van der Waals surface area (Å²) in [6, 6.07) is 23.8. The highest BCUT2D eigenvalue weighted by Crippen LogP contribution is 2.23. The topological polar surface area (TPSA) is 58.6 Å². The quantitative estimate of drug-likeness (QED) is 0.511. The first-order valence-electron chi connectivity index (χ1n) is 10.5. The van der Waals surface area contributed by atoms with E-state index < -0.39 is 6.04 Å². The highest BCUT2D eigenvalue weighted by atomic mass is 35.5. The summed E-state index contributed by atoms with van der Waals surface area (Å²) in [7, 11) is 0. The molecule has 3 rings (SSSR count). The van der Waals surface area contributed by atoms with Crippen molar-refractivity contribution < 1.29 is 14.3 Å². The van der Waals surface area contributed by atoms with Crippen LogP contribution in [-0.4, -0.2) is 29.4 Å². The summed E-state index contributed by atoms with van der Waals surface area (Å²) >= 11 is 6.13. The number of amides is 2. The Balaban J connectivity index is 1.68. The van der Waals surface area contributed by atoms with Crippen LogP contribution in [0.15, 0.2) is 78.9 Å². The molecule has 3 aromatic rings. The molecule has 0 aliphatic carbocycles. The number of nitrogens with zero attached hydrogens (tertiary/aromatic N) is 1. The fourth-order valence-electron chi connectivity index (χ4n) is 3.19. The Kier molecular flexibility index (Phi) is 8.28. The lowest BCUT2D eigenvalue weighted by atomic mass is 10.1. The molecule has 1 unspecified atom stereocenters. The van der Waals surface area contributed by atoms with Gasteiger partial charge in [-0.05, 0) is 37.1 Å². The Hall–Kier alpha value is -3.31. The van der Waals surface area contributed by atoms with Crippen molar-refractivity contribution in [1.29, 1.82) is 0 Å². The molecule has 1 atom stereocenters. The molecule has 0 heterocycles. The number of rotatable bonds is 9. The molecule has 6 heteroatoms. The Labute approximate surface area is 194 Å². The van der Waals surface area contributed by atoms with Gasteiger partial charge in [-0.1, -0.05) is 83.9 Å². The van der Waals surface area contributed by atoms with Crippen LogP contribution in [0.5, 0.6) is 5.75 Å². The molecule has 0 saturated carbocycles. The maximum absolute atomic E-state index is 13.1. The maximum atomic E-state index is 13.1. The molecule has 0 aliphatic rings. The molecule has 0 bridgehead atoms. The molecule has 0 saturated heterocycles. The van der Waals surface area contributed by atoms with Crippen molar-refractivity contribution in [1.82, 2.24) is 10.2 Å². The number of halogens is 1. The van der Waals surface area contributed by atoms with Crippen molar-refractivity contribution in [2.75, 3.05) is 6.61 Å². The number of nitrogens with one attached hydrogen (secondary N) is 1. The zero-order valence-corrected chi connectivity index (χ0v) is 19.0. The lowest BCUT2D eigenvalue weighted by Gasteiger charge is -2.29. The largest absolute Gasteiger partial charge is 0.482 e. The number of ether oxygens (including phenoxy) is 1. The van der Waals surface area contributed by atoms with E-state index in [9.17, 15) is 9.59 Å². The minimum absolute atomic E-state index is 0.216. The van der Waals surface area contributed by atoms with Crippen molar-refractivity contribution in [3.05, 3.63) is 101 Å². The Morgan fingerprint density at radius 2 is 1.59 bits per heavy atom. The van der Waals surface area contributed by atoms with Crippen LogP contribution in [0.1, 0.15) is 23.6 Å². The summed E-state index contributed by atoms with van der Waals surface area (Å²) in [6.07, 6.45) is 0. The van der Waals surface area contributed by atoms with E-state index in [1.54, 1.807) is 31.2 Å². The fraction of sp³-hybridized carbons (Fsp3) is 0.231. The van der Waals surface area contributed by atoms with E-state index in [1.165, 1.54) is 4.90 Å². The minimum Gasteiger partial charge on any atom is -0.482 e. The van der Waals surface area contributed by atoms with E-state index in [1.807, 2.05) is 61.5 Å². The SMILES string of the molecule is Cc1ccc(CNC(=O)C(C)N(Cc2ccccc2)C(=O)COc2ccccc2Cl)cc1. The summed E-state index contributed by atoms with van der Waals surface area (Å²) in [5, 5.41) is 3.36. The number of carbonyl (C=O) groups is 2. The van der Waals surface area contributed by atoms with Gasteiger partial charge in [0.15, 0.2) is 6.61 Å². The van der Waals surface area contributed by atoms with Crippen LogP contribution in [0, 0.1) is 6.92 Å². The van der Waals surface area contributed by atoms with Gasteiger partial charge >= 0.3 is 0 Å². The highest BCUT2D eigenvalue weighted by Gasteiger charge is 2.26. The van der Waals surface area contributed by atoms with Gasteiger partial charge in [-0.2, -0.15) is 0 Å². The highest BCUT2D eigenvalue weighted by molar-refractivity contribution is 6.32. The summed E-state index contributed by atoms with van der Waals surface area (Å²) in [5.41, 5.74) is 3.09. The molecule has 0 spiro atoms. The van der Waals surface area contributed by atoms with Gasteiger partial charge in [0, 0.05) is 13.1 Å². The van der Waals surface area contributed by atoms with Crippen LogP contribution in [0.25, 0.3) is 0 Å². The average molecular weight is 451 g/mol. The summed E-state index contributed by atoms with van der Waals surface area (Å²) in [5.74, 6) is -0.0991. The van der Waals surface area contributed by atoms with Crippen LogP contribution < -0.4 is 10.1 Å². The van der Waals surface area contributed by atoms with Gasteiger partial charge in [-0.25, -0.2) is 0 Å². The smallest absolute Gasteiger partial charge is 0.261 e. The number of benzene rings is 3. The van der Waals surface area contributed by atoms with Gasteiger partial charge in [-0.15, -0.1) is 0 Å². The Morgan fingerprint density at radius 1 is 0.938 bits per heavy atom. The Bertz CT molecular complexity index is 1040. The summed E-state index contributed by atoms with van der Waals surface area (Å²) in [6.45, 7) is 4.22. The first-order chi connectivity index (χ1) is 15.4. The second kappa shape index (κ2) is 11.3. The predicted molar refractivity (Wildman–Crippen MR) is 126 cm³/mol. The molecule has 166 valence electrons. The van der Waals surface area contributed by atoms with E-state index in [2.05, 4.69) is 5.32 Å². The van der Waals surface area contributed by atoms with Crippen molar-refractivity contribution in [3.8, 4) is 5.75 Å². The number of hydrogen-bond acceptors (Lipinski definition) is 3. The number of hydrogen-bond donors (Lipinski definition) is 1. The lowest BCUT2D eigenvalue weighted by Crippen LogP contribution is -2.48. The molecule has 5 nitrogen and oxygen atoms in total. The third-order valence-electron chi connectivity index (χ3n) is 5.14. The van der Waals surface area contributed by atoms with E-state index in [0.29, 0.717) is 23.9 Å². The Morgan fingerprint density at radius 3 is 2.28 bits per heavy atom. The lowest BCUT2D eigenvalue weighted by molar-refractivity contribution is -0.142. The molecule has 32 heavy (non-hydrogen) atoms. The van der Waals surface area contributed by atoms with Gasteiger partial charge < -0.3 is 15.0 Å². The van der Waals surface area contributed by atoms with Gasteiger partial charge in [0.1, 0.15) is 11.8 Å². The van der Waals surface area contributed by atoms with Crippen LogP contribution in [0.3, 0.4) is 0 Å². The predicted octanol–water partition coefficient (Wildman–Crippen LogP) is 4.76. The van der Waals surface area contributed by atoms with Crippen LogP contribution in [0.4, 0.5) is 0 Å². The number of para-hydroxylation sites is 1. The minimum atomic E-state index is -0.678. The molecule has 2 amide bonds. The number of aryl methyl sites for hydroxylation is 1. The second-order valence-corrected chi connectivity index (χ2v) is 8.01. The van der Waals surface area contributed by atoms with E-state index >= 15 is 0 Å². The standard InChI is InChI=1S/C26H27ClN2O3/c1-19-12-14-21(15-13-19)16-28-26(31)20(2)29(17-22-8-4-3-5-9-22)25(30)18-32-24-11-7-6-10-23(24)27/h3-15,20H,16-18H2,1-2H3,(H,28,31). The van der Waals surface area contributed by atoms with Gasteiger partial charge in [0.2, 0.25) is 5.91 Å². The fourth-order valence-corrected chi connectivity index (χ4v) is 3.38. The molecular formula is C26H27ClN2O3. The summed E-state index contributed by atoms with van der Waals surface area (Å²) < 4.78 is 5.63. The molecule has 0 aromatic heterocycles. The van der Waals surface area contributed by atoms with Crippen molar-refractivity contribution in [3.63, 3.8) is 0 Å². The monoisotopic (exact) mass is 450 g/mol.